The highest BCUT2D eigenvalue weighted by Crippen LogP contribution is 2.17. The molecular weight excluding hydrogens is 166 g/mol. The van der Waals surface area contributed by atoms with Crippen LogP contribution in [0.5, 0.6) is 0 Å². The number of aliphatic carboxylic acids is 1. The topological polar surface area (TPSA) is 40.5 Å². The van der Waals surface area contributed by atoms with Crippen molar-refractivity contribution in [2.45, 2.75) is 39.2 Å². The van der Waals surface area contributed by atoms with Crippen LogP contribution in [0.15, 0.2) is 0 Å². The average molecular weight is 185 g/mol. The fraction of sp³-hybridized carbons (Fsp3) is 0.900. The largest absolute Gasteiger partial charge is 0.480 e. The van der Waals surface area contributed by atoms with Crippen molar-refractivity contribution < 1.29 is 9.90 Å². The summed E-state index contributed by atoms with van der Waals surface area (Å²) in [5.74, 6) is -0.197. The van der Waals surface area contributed by atoms with E-state index in [4.69, 9.17) is 5.11 Å². The number of likely N-dealkylation sites (tertiary alicyclic amines) is 1. The fourth-order valence-electron chi connectivity index (χ4n) is 1.91. The molecule has 13 heavy (non-hydrogen) atoms. The molecule has 0 unspecified atom stereocenters. The Morgan fingerprint density at radius 2 is 1.92 bits per heavy atom. The van der Waals surface area contributed by atoms with Crippen molar-refractivity contribution in [1.82, 2.24) is 4.90 Å². The standard InChI is InChI=1S/C10H19NO2/c1-8(2)7-9(10(12)13)11-5-3-4-6-11/h8-9H,3-7H2,1-2H3,(H,12,13)/t9-/m0/s1. The number of hydrogen-bond donors (Lipinski definition) is 1. The van der Waals surface area contributed by atoms with Gasteiger partial charge in [-0.15, -0.1) is 0 Å². The maximum atomic E-state index is 11.0. The lowest BCUT2D eigenvalue weighted by Gasteiger charge is -2.24. The molecule has 0 aromatic carbocycles. The van der Waals surface area contributed by atoms with Crippen molar-refractivity contribution in [2.24, 2.45) is 5.92 Å². The van der Waals surface area contributed by atoms with Crippen LogP contribution >= 0.6 is 0 Å². The van der Waals surface area contributed by atoms with Gasteiger partial charge in [-0.3, -0.25) is 9.69 Å². The fourth-order valence-corrected chi connectivity index (χ4v) is 1.91. The van der Waals surface area contributed by atoms with Crippen molar-refractivity contribution >= 4 is 5.97 Å². The predicted molar refractivity (Wildman–Crippen MR) is 51.7 cm³/mol. The Morgan fingerprint density at radius 3 is 2.31 bits per heavy atom. The zero-order valence-electron chi connectivity index (χ0n) is 8.49. The van der Waals surface area contributed by atoms with Crippen molar-refractivity contribution in [3.63, 3.8) is 0 Å². The molecule has 0 radical (unpaired) electrons. The van der Waals surface area contributed by atoms with Gasteiger partial charge in [0, 0.05) is 0 Å². The third-order valence-electron chi connectivity index (χ3n) is 2.56. The molecule has 0 bridgehead atoms. The maximum absolute atomic E-state index is 11.0. The molecule has 1 fully saturated rings. The van der Waals surface area contributed by atoms with Gasteiger partial charge in [0.2, 0.25) is 0 Å². The lowest BCUT2D eigenvalue weighted by molar-refractivity contribution is -0.143. The van der Waals surface area contributed by atoms with Gasteiger partial charge in [0.15, 0.2) is 0 Å². The van der Waals surface area contributed by atoms with E-state index in [1.165, 1.54) is 0 Å². The van der Waals surface area contributed by atoms with E-state index in [1.54, 1.807) is 0 Å². The van der Waals surface area contributed by atoms with Gasteiger partial charge in [0.05, 0.1) is 0 Å². The Hall–Kier alpha value is -0.570. The monoisotopic (exact) mass is 185 g/mol. The number of rotatable bonds is 4. The second-order valence-corrected chi connectivity index (χ2v) is 4.23. The van der Waals surface area contributed by atoms with Crippen molar-refractivity contribution in [2.75, 3.05) is 13.1 Å². The Labute approximate surface area is 79.7 Å². The van der Waals surface area contributed by atoms with Gasteiger partial charge >= 0.3 is 5.97 Å². The van der Waals surface area contributed by atoms with Crippen LogP contribution < -0.4 is 0 Å². The Kier molecular flexibility index (Phi) is 3.72. The first-order valence-electron chi connectivity index (χ1n) is 5.08. The van der Waals surface area contributed by atoms with Crippen molar-refractivity contribution in [3.05, 3.63) is 0 Å². The summed E-state index contributed by atoms with van der Waals surface area (Å²) in [7, 11) is 0. The molecule has 1 rings (SSSR count). The molecule has 0 aromatic rings. The van der Waals surface area contributed by atoms with Crippen LogP contribution in [0.4, 0.5) is 0 Å². The Bertz CT molecular complexity index is 174. The molecular formula is C10H19NO2. The smallest absolute Gasteiger partial charge is 0.320 e. The zero-order chi connectivity index (χ0) is 9.84. The summed E-state index contributed by atoms with van der Waals surface area (Å²) in [5, 5.41) is 9.04. The third kappa shape index (κ3) is 2.99. The quantitative estimate of drug-likeness (QED) is 0.723. The first-order chi connectivity index (χ1) is 6.11. The highest BCUT2D eigenvalue weighted by atomic mass is 16.4. The highest BCUT2D eigenvalue weighted by Gasteiger charge is 2.27. The Balaban J connectivity index is 2.50. The van der Waals surface area contributed by atoms with E-state index in [9.17, 15) is 4.79 Å². The maximum Gasteiger partial charge on any atom is 0.320 e. The normalized spacial score (nSPS) is 20.8. The SMILES string of the molecule is CC(C)C[C@@H](C(=O)O)N1CCCC1. The number of nitrogens with zero attached hydrogens (tertiary/aromatic N) is 1. The summed E-state index contributed by atoms with van der Waals surface area (Å²) < 4.78 is 0. The molecule has 1 atom stereocenters. The van der Waals surface area contributed by atoms with Crippen LogP contribution in [0.1, 0.15) is 33.1 Å². The van der Waals surface area contributed by atoms with E-state index in [1.807, 2.05) is 0 Å². The van der Waals surface area contributed by atoms with Gasteiger partial charge < -0.3 is 5.11 Å². The van der Waals surface area contributed by atoms with Crippen molar-refractivity contribution in [1.29, 1.82) is 0 Å². The average Bonchev–Trinajstić information content (AvgIpc) is 2.50. The van der Waals surface area contributed by atoms with Crippen LogP contribution in [0, 0.1) is 5.92 Å². The molecule has 1 heterocycles. The molecule has 1 saturated heterocycles. The van der Waals surface area contributed by atoms with E-state index in [-0.39, 0.29) is 6.04 Å². The van der Waals surface area contributed by atoms with Crippen LogP contribution in [0.3, 0.4) is 0 Å². The lowest BCUT2D eigenvalue weighted by atomic mass is 10.0. The van der Waals surface area contributed by atoms with Crippen LogP contribution in [-0.4, -0.2) is 35.1 Å². The van der Waals surface area contributed by atoms with Crippen LogP contribution in [0.2, 0.25) is 0 Å². The summed E-state index contributed by atoms with van der Waals surface area (Å²) in [5.41, 5.74) is 0. The highest BCUT2D eigenvalue weighted by molar-refractivity contribution is 5.73. The second kappa shape index (κ2) is 4.61. The molecule has 76 valence electrons. The summed E-state index contributed by atoms with van der Waals surface area (Å²) in [6.07, 6.45) is 3.08. The summed E-state index contributed by atoms with van der Waals surface area (Å²) in [4.78, 5) is 13.1. The molecule has 0 saturated carbocycles. The minimum absolute atomic E-state index is 0.248. The number of carboxylic acid groups (broad SMARTS) is 1. The van der Waals surface area contributed by atoms with Crippen molar-refractivity contribution in [3.8, 4) is 0 Å². The minimum Gasteiger partial charge on any atom is -0.480 e. The third-order valence-corrected chi connectivity index (χ3v) is 2.56. The van der Waals surface area contributed by atoms with Gasteiger partial charge in [0.25, 0.3) is 0 Å². The molecule has 1 N–H and O–H groups in total. The molecule has 3 nitrogen and oxygen atoms in total. The first-order valence-corrected chi connectivity index (χ1v) is 5.08. The van der Waals surface area contributed by atoms with E-state index in [0.29, 0.717) is 5.92 Å². The van der Waals surface area contributed by atoms with Gasteiger partial charge in [-0.05, 0) is 38.3 Å². The molecule has 0 amide bonds. The van der Waals surface area contributed by atoms with E-state index in [0.717, 1.165) is 32.4 Å². The molecule has 3 heteroatoms. The van der Waals surface area contributed by atoms with Gasteiger partial charge in [0.1, 0.15) is 6.04 Å². The number of hydrogen-bond acceptors (Lipinski definition) is 2. The number of carbonyl (C=O) groups is 1. The summed E-state index contributed by atoms with van der Waals surface area (Å²) in [6.45, 7) is 6.07. The molecule has 1 aliphatic heterocycles. The second-order valence-electron chi connectivity index (χ2n) is 4.23. The van der Waals surface area contributed by atoms with Crippen LogP contribution in [-0.2, 0) is 4.79 Å². The van der Waals surface area contributed by atoms with E-state index >= 15 is 0 Å². The zero-order valence-corrected chi connectivity index (χ0v) is 8.49. The molecule has 1 aliphatic rings. The predicted octanol–water partition coefficient (Wildman–Crippen LogP) is 1.58. The van der Waals surface area contributed by atoms with E-state index in [2.05, 4.69) is 18.7 Å². The lowest BCUT2D eigenvalue weighted by Crippen LogP contribution is -2.40. The van der Waals surface area contributed by atoms with Gasteiger partial charge in [-0.1, -0.05) is 13.8 Å². The van der Waals surface area contributed by atoms with Crippen LogP contribution in [0.25, 0.3) is 0 Å². The molecule has 0 spiro atoms. The van der Waals surface area contributed by atoms with E-state index < -0.39 is 5.97 Å². The van der Waals surface area contributed by atoms with Gasteiger partial charge in [-0.25, -0.2) is 0 Å². The summed E-state index contributed by atoms with van der Waals surface area (Å²) in [6, 6.07) is -0.248. The van der Waals surface area contributed by atoms with Gasteiger partial charge in [-0.2, -0.15) is 0 Å². The molecule has 0 aliphatic carbocycles. The Morgan fingerprint density at radius 1 is 1.38 bits per heavy atom. The first kappa shape index (κ1) is 10.5. The number of carboxylic acids is 1. The summed E-state index contributed by atoms with van der Waals surface area (Å²) >= 11 is 0. The molecule has 0 aromatic heterocycles. The minimum atomic E-state index is -0.657.